The van der Waals surface area contributed by atoms with Crippen LogP contribution in [0.25, 0.3) is 10.9 Å². The van der Waals surface area contributed by atoms with Crippen molar-refractivity contribution in [3.63, 3.8) is 0 Å². The highest BCUT2D eigenvalue weighted by molar-refractivity contribution is 5.79. The van der Waals surface area contributed by atoms with Gasteiger partial charge in [0, 0.05) is 10.9 Å². The van der Waals surface area contributed by atoms with Crippen LogP contribution in [-0.2, 0) is 6.42 Å². The molecule has 156 valence electrons. The Morgan fingerprint density at radius 2 is 1.79 bits per heavy atom. The Labute approximate surface area is 173 Å². The van der Waals surface area contributed by atoms with Crippen LogP contribution in [0.15, 0.2) is 64.0 Å². The quantitative estimate of drug-likeness (QED) is 0.459. The first kappa shape index (κ1) is 22.7. The molecule has 0 bridgehead atoms. The fraction of sp³-hybridized carbons (Fsp3) is 0.400. The summed E-state index contributed by atoms with van der Waals surface area (Å²) >= 11 is 0. The van der Waals surface area contributed by atoms with Crippen molar-refractivity contribution in [2.75, 3.05) is 0 Å². The number of para-hydroxylation sites is 1. The Kier molecular flexibility index (Phi) is 8.03. The number of hydrogen-bond acceptors (Lipinski definition) is 3. The molecule has 1 aromatic carbocycles. The van der Waals surface area contributed by atoms with E-state index in [9.17, 15) is 15.1 Å². The van der Waals surface area contributed by atoms with E-state index in [1.54, 1.807) is 19.1 Å². The Balaban J connectivity index is 2.04. The molecular weight excluding hydrogens is 362 g/mol. The molecule has 0 saturated carbocycles. The molecule has 2 rings (SSSR count). The molecule has 2 N–H and O–H groups in total. The van der Waals surface area contributed by atoms with Crippen molar-refractivity contribution >= 4 is 10.9 Å². The number of nitrogens with zero attached hydrogens (tertiary/aromatic N) is 1. The van der Waals surface area contributed by atoms with Crippen LogP contribution < -0.4 is 5.43 Å². The van der Waals surface area contributed by atoms with Crippen LogP contribution in [0.5, 0.6) is 0 Å². The standard InChI is InChI=1S/C25H33NO3/c1-17(2)15-21(27)16-19(4)10-8-9-18(3)13-14-22-20(5)26(29)24-12-7-6-11-23(24)25(22)28/h6-7,10-13,15,21,27,29H,8-9,14,16H2,1-5H3/t21-/m0/s1. The number of hydrogen-bond donors (Lipinski definition) is 2. The zero-order chi connectivity index (χ0) is 21.6. The maximum atomic E-state index is 12.8. The fourth-order valence-corrected chi connectivity index (χ4v) is 3.51. The van der Waals surface area contributed by atoms with Gasteiger partial charge in [-0.3, -0.25) is 4.79 Å². The largest absolute Gasteiger partial charge is 0.428 e. The minimum Gasteiger partial charge on any atom is -0.428 e. The lowest BCUT2D eigenvalue weighted by atomic mass is 10.0. The molecule has 0 unspecified atom stereocenters. The van der Waals surface area contributed by atoms with E-state index in [1.165, 1.54) is 11.1 Å². The van der Waals surface area contributed by atoms with Crippen molar-refractivity contribution in [2.45, 2.75) is 66.4 Å². The zero-order valence-electron chi connectivity index (χ0n) is 18.2. The molecule has 0 aliphatic heterocycles. The van der Waals surface area contributed by atoms with E-state index in [1.807, 2.05) is 39.0 Å². The molecule has 4 heteroatoms. The molecule has 0 aliphatic rings. The Bertz CT molecular complexity index is 1000. The van der Waals surface area contributed by atoms with Gasteiger partial charge in [0.25, 0.3) is 0 Å². The minimum absolute atomic E-state index is 0.0172. The van der Waals surface area contributed by atoms with Crippen molar-refractivity contribution in [1.29, 1.82) is 0 Å². The fourth-order valence-electron chi connectivity index (χ4n) is 3.51. The number of aliphatic hydroxyl groups is 1. The third-order valence-electron chi connectivity index (χ3n) is 5.15. The molecule has 1 atom stereocenters. The number of fused-ring (bicyclic) bond motifs is 1. The predicted octanol–water partition coefficient (Wildman–Crippen LogP) is 5.48. The van der Waals surface area contributed by atoms with Crippen LogP contribution >= 0.6 is 0 Å². The molecule has 0 amide bonds. The van der Waals surface area contributed by atoms with Gasteiger partial charge in [-0.15, -0.1) is 0 Å². The summed E-state index contributed by atoms with van der Waals surface area (Å²) < 4.78 is 1.11. The highest BCUT2D eigenvalue weighted by Crippen LogP contribution is 2.16. The Morgan fingerprint density at radius 3 is 2.48 bits per heavy atom. The van der Waals surface area contributed by atoms with Crippen LogP contribution in [0.1, 0.15) is 58.2 Å². The summed E-state index contributed by atoms with van der Waals surface area (Å²) in [5.41, 5.74) is 5.23. The zero-order valence-corrected chi connectivity index (χ0v) is 18.2. The summed E-state index contributed by atoms with van der Waals surface area (Å²) in [6, 6.07) is 7.12. The summed E-state index contributed by atoms with van der Waals surface area (Å²) in [5.74, 6) is 0. The number of benzene rings is 1. The molecule has 1 aromatic heterocycles. The first-order valence-electron chi connectivity index (χ1n) is 10.2. The lowest BCUT2D eigenvalue weighted by Gasteiger charge is -2.12. The average Bonchev–Trinajstić information content (AvgIpc) is 2.65. The highest BCUT2D eigenvalue weighted by Gasteiger charge is 2.12. The van der Waals surface area contributed by atoms with Gasteiger partial charge in [-0.25, -0.2) is 0 Å². The lowest BCUT2D eigenvalue weighted by molar-refractivity contribution is 0.190. The minimum atomic E-state index is -0.426. The third kappa shape index (κ3) is 6.20. The van der Waals surface area contributed by atoms with Crippen molar-refractivity contribution in [1.82, 2.24) is 4.73 Å². The topological polar surface area (TPSA) is 62.5 Å². The van der Waals surface area contributed by atoms with Crippen molar-refractivity contribution in [2.24, 2.45) is 0 Å². The Morgan fingerprint density at radius 1 is 1.10 bits per heavy atom. The summed E-state index contributed by atoms with van der Waals surface area (Å²) in [5, 5.41) is 20.9. The summed E-state index contributed by atoms with van der Waals surface area (Å²) in [7, 11) is 0. The van der Waals surface area contributed by atoms with Gasteiger partial charge in [0.05, 0.1) is 17.3 Å². The number of aromatic nitrogens is 1. The first-order valence-corrected chi connectivity index (χ1v) is 10.2. The van der Waals surface area contributed by atoms with E-state index in [4.69, 9.17) is 0 Å². The first-order chi connectivity index (χ1) is 13.7. The number of rotatable bonds is 8. The second kappa shape index (κ2) is 10.3. The molecule has 29 heavy (non-hydrogen) atoms. The van der Waals surface area contributed by atoms with E-state index >= 15 is 0 Å². The summed E-state index contributed by atoms with van der Waals surface area (Å²) in [4.78, 5) is 12.8. The molecule has 1 heterocycles. The number of aliphatic hydroxyl groups excluding tert-OH is 1. The van der Waals surface area contributed by atoms with Gasteiger partial charge in [-0.2, -0.15) is 4.73 Å². The SMILES string of the molecule is CC(C)=C[C@H](O)CC(C)=CCCC(C)=CCc1c(C)n(O)c2ccccc2c1=O. The van der Waals surface area contributed by atoms with E-state index in [0.29, 0.717) is 35.0 Å². The third-order valence-corrected chi connectivity index (χ3v) is 5.15. The number of pyridine rings is 1. The molecule has 0 radical (unpaired) electrons. The van der Waals surface area contributed by atoms with Crippen molar-refractivity contribution in [3.05, 3.63) is 80.7 Å². The Hall–Kier alpha value is -2.59. The molecular formula is C25H33NO3. The lowest BCUT2D eigenvalue weighted by Crippen LogP contribution is -2.17. The average molecular weight is 396 g/mol. The van der Waals surface area contributed by atoms with E-state index in [2.05, 4.69) is 19.1 Å². The molecule has 4 nitrogen and oxygen atoms in total. The van der Waals surface area contributed by atoms with Crippen LogP contribution in [0, 0.1) is 6.92 Å². The molecule has 0 saturated heterocycles. The smallest absolute Gasteiger partial charge is 0.193 e. The molecule has 0 fully saturated rings. The van der Waals surface area contributed by atoms with Crippen molar-refractivity contribution < 1.29 is 10.3 Å². The van der Waals surface area contributed by atoms with Crippen LogP contribution in [0.2, 0.25) is 0 Å². The van der Waals surface area contributed by atoms with E-state index in [0.717, 1.165) is 23.1 Å². The van der Waals surface area contributed by atoms with Gasteiger partial charge < -0.3 is 10.3 Å². The van der Waals surface area contributed by atoms with Crippen LogP contribution in [0.4, 0.5) is 0 Å². The molecule has 0 aliphatic carbocycles. The van der Waals surface area contributed by atoms with Gasteiger partial charge in [-0.1, -0.05) is 47.1 Å². The van der Waals surface area contributed by atoms with Gasteiger partial charge in [0.15, 0.2) is 5.43 Å². The van der Waals surface area contributed by atoms with Crippen LogP contribution in [-0.4, -0.2) is 21.1 Å². The monoisotopic (exact) mass is 395 g/mol. The summed E-state index contributed by atoms with van der Waals surface area (Å²) in [6.07, 6.45) is 8.64. The maximum absolute atomic E-state index is 12.8. The summed E-state index contributed by atoms with van der Waals surface area (Å²) in [6.45, 7) is 9.85. The predicted molar refractivity (Wildman–Crippen MR) is 121 cm³/mol. The van der Waals surface area contributed by atoms with Crippen LogP contribution in [0.3, 0.4) is 0 Å². The van der Waals surface area contributed by atoms with Gasteiger partial charge >= 0.3 is 0 Å². The second-order valence-corrected chi connectivity index (χ2v) is 8.08. The highest BCUT2D eigenvalue weighted by atomic mass is 16.5. The van der Waals surface area contributed by atoms with Gasteiger partial charge in [0.1, 0.15) is 0 Å². The van der Waals surface area contributed by atoms with E-state index in [-0.39, 0.29) is 5.43 Å². The normalized spacial score (nSPS) is 13.6. The second-order valence-electron chi connectivity index (χ2n) is 8.08. The van der Waals surface area contributed by atoms with E-state index < -0.39 is 6.10 Å². The molecule has 2 aromatic rings. The van der Waals surface area contributed by atoms with Crippen molar-refractivity contribution in [3.8, 4) is 0 Å². The van der Waals surface area contributed by atoms with Gasteiger partial charge in [0.2, 0.25) is 0 Å². The number of allylic oxidation sites excluding steroid dienone is 4. The molecule has 0 spiro atoms. The maximum Gasteiger partial charge on any atom is 0.193 e. The van der Waals surface area contributed by atoms with Gasteiger partial charge in [-0.05, 0) is 72.4 Å².